The third kappa shape index (κ3) is 2.68. The summed E-state index contributed by atoms with van der Waals surface area (Å²) in [6, 6.07) is 2.65. The fraction of sp³-hybridized carbons (Fsp3) is 0.900. The molecule has 0 bridgehead atoms. The van der Waals surface area contributed by atoms with Gasteiger partial charge in [-0.1, -0.05) is 0 Å². The van der Waals surface area contributed by atoms with Gasteiger partial charge in [-0.3, -0.25) is 4.90 Å². The number of piperazine rings is 1. The number of hydrogen-bond donors (Lipinski definition) is 1. The van der Waals surface area contributed by atoms with Crippen LogP contribution in [0.25, 0.3) is 0 Å². The largest absolute Gasteiger partial charge is 0.314 e. The van der Waals surface area contributed by atoms with Crippen molar-refractivity contribution in [3.63, 3.8) is 0 Å². The van der Waals surface area contributed by atoms with Crippen molar-refractivity contribution >= 4 is 0 Å². The van der Waals surface area contributed by atoms with E-state index in [4.69, 9.17) is 5.26 Å². The van der Waals surface area contributed by atoms with Crippen LogP contribution >= 0.6 is 0 Å². The van der Waals surface area contributed by atoms with E-state index in [2.05, 4.69) is 37.1 Å². The Kier molecular flexibility index (Phi) is 3.29. The van der Waals surface area contributed by atoms with Gasteiger partial charge in [-0.15, -0.1) is 0 Å². The standard InChI is InChI=1S/C10H19N3/c1-10(2,3)13-7-6-12-8-9(13)4-5-11/h9,12H,4,6-8H2,1-3H3. The van der Waals surface area contributed by atoms with Crippen molar-refractivity contribution in [2.24, 2.45) is 0 Å². The molecular weight excluding hydrogens is 162 g/mol. The Morgan fingerprint density at radius 1 is 1.54 bits per heavy atom. The van der Waals surface area contributed by atoms with Crippen molar-refractivity contribution in [2.45, 2.75) is 38.8 Å². The Hall–Kier alpha value is -0.590. The molecule has 0 radical (unpaired) electrons. The predicted molar refractivity (Wildman–Crippen MR) is 53.3 cm³/mol. The quantitative estimate of drug-likeness (QED) is 0.655. The van der Waals surface area contributed by atoms with Crippen LogP contribution in [0.4, 0.5) is 0 Å². The Balaban J connectivity index is 2.63. The molecule has 0 saturated carbocycles. The fourth-order valence-corrected chi connectivity index (χ4v) is 1.93. The minimum atomic E-state index is 0.184. The van der Waals surface area contributed by atoms with Gasteiger partial charge in [-0.2, -0.15) is 5.26 Å². The molecule has 1 heterocycles. The van der Waals surface area contributed by atoms with Gasteiger partial charge < -0.3 is 5.32 Å². The van der Waals surface area contributed by atoms with Gasteiger partial charge in [0.05, 0.1) is 12.5 Å². The lowest BCUT2D eigenvalue weighted by molar-refractivity contribution is 0.0634. The summed E-state index contributed by atoms with van der Waals surface area (Å²) in [6.07, 6.45) is 0.629. The van der Waals surface area contributed by atoms with Gasteiger partial charge in [0.1, 0.15) is 0 Å². The summed E-state index contributed by atoms with van der Waals surface area (Å²) in [5, 5.41) is 12.0. The van der Waals surface area contributed by atoms with Crippen molar-refractivity contribution in [1.29, 1.82) is 5.26 Å². The van der Waals surface area contributed by atoms with E-state index in [0.29, 0.717) is 12.5 Å². The van der Waals surface area contributed by atoms with E-state index in [1.807, 2.05) is 0 Å². The maximum atomic E-state index is 8.70. The molecule has 0 amide bonds. The summed E-state index contributed by atoms with van der Waals surface area (Å²) >= 11 is 0. The van der Waals surface area contributed by atoms with Crippen molar-refractivity contribution in [2.75, 3.05) is 19.6 Å². The van der Waals surface area contributed by atoms with Gasteiger partial charge >= 0.3 is 0 Å². The Morgan fingerprint density at radius 3 is 2.77 bits per heavy atom. The molecule has 1 N–H and O–H groups in total. The number of nitrogens with zero attached hydrogens (tertiary/aromatic N) is 2. The molecule has 1 rings (SSSR count). The highest BCUT2D eigenvalue weighted by Gasteiger charge is 2.30. The number of hydrogen-bond acceptors (Lipinski definition) is 3. The van der Waals surface area contributed by atoms with Gasteiger partial charge in [0, 0.05) is 31.2 Å². The van der Waals surface area contributed by atoms with Crippen LogP contribution < -0.4 is 5.32 Å². The smallest absolute Gasteiger partial charge is 0.0638 e. The average Bonchev–Trinajstić information content (AvgIpc) is 2.04. The van der Waals surface area contributed by atoms with E-state index in [9.17, 15) is 0 Å². The topological polar surface area (TPSA) is 39.1 Å². The Bertz CT molecular complexity index is 199. The Labute approximate surface area is 80.7 Å². The highest BCUT2D eigenvalue weighted by Crippen LogP contribution is 2.19. The zero-order valence-electron chi connectivity index (χ0n) is 8.80. The fourth-order valence-electron chi connectivity index (χ4n) is 1.93. The first-order valence-electron chi connectivity index (χ1n) is 4.90. The normalized spacial score (nSPS) is 25.5. The van der Waals surface area contributed by atoms with E-state index >= 15 is 0 Å². The third-order valence-corrected chi connectivity index (χ3v) is 2.54. The Morgan fingerprint density at radius 2 is 2.23 bits per heavy atom. The minimum absolute atomic E-state index is 0.184. The molecule has 74 valence electrons. The predicted octanol–water partition coefficient (Wildman–Crippen LogP) is 0.972. The molecule has 0 aliphatic carbocycles. The second-order valence-electron chi connectivity index (χ2n) is 4.58. The molecule has 1 aliphatic rings. The van der Waals surface area contributed by atoms with E-state index < -0.39 is 0 Å². The molecule has 13 heavy (non-hydrogen) atoms. The summed E-state index contributed by atoms with van der Waals surface area (Å²) in [4.78, 5) is 2.42. The van der Waals surface area contributed by atoms with Gasteiger partial charge in [-0.05, 0) is 20.8 Å². The first-order valence-corrected chi connectivity index (χ1v) is 4.90. The molecule has 1 unspecified atom stereocenters. The van der Waals surface area contributed by atoms with Crippen LogP contribution in [0, 0.1) is 11.3 Å². The van der Waals surface area contributed by atoms with Gasteiger partial charge in [0.2, 0.25) is 0 Å². The molecule has 1 aliphatic heterocycles. The number of nitrogens with one attached hydrogen (secondary N) is 1. The average molecular weight is 181 g/mol. The monoisotopic (exact) mass is 181 g/mol. The summed E-state index contributed by atoms with van der Waals surface area (Å²) in [5.74, 6) is 0. The first-order chi connectivity index (χ1) is 6.05. The maximum Gasteiger partial charge on any atom is 0.0638 e. The molecule has 1 atom stereocenters. The van der Waals surface area contributed by atoms with Crippen LogP contribution in [-0.2, 0) is 0 Å². The molecule has 1 saturated heterocycles. The van der Waals surface area contributed by atoms with Crippen molar-refractivity contribution < 1.29 is 0 Å². The summed E-state index contributed by atoms with van der Waals surface area (Å²) in [7, 11) is 0. The van der Waals surface area contributed by atoms with Gasteiger partial charge in [-0.25, -0.2) is 0 Å². The van der Waals surface area contributed by atoms with Crippen LogP contribution in [-0.4, -0.2) is 36.1 Å². The molecule has 0 aromatic carbocycles. The number of nitriles is 1. The third-order valence-electron chi connectivity index (χ3n) is 2.54. The van der Waals surface area contributed by atoms with Crippen LogP contribution in [0.15, 0.2) is 0 Å². The molecule has 1 fully saturated rings. The highest BCUT2D eigenvalue weighted by atomic mass is 15.3. The van der Waals surface area contributed by atoms with E-state index in [0.717, 1.165) is 19.6 Å². The van der Waals surface area contributed by atoms with Crippen molar-refractivity contribution in [3.05, 3.63) is 0 Å². The lowest BCUT2D eigenvalue weighted by Crippen LogP contribution is -2.58. The molecule has 0 aromatic rings. The summed E-state index contributed by atoms with van der Waals surface area (Å²) in [5.41, 5.74) is 0.184. The number of rotatable bonds is 1. The van der Waals surface area contributed by atoms with Gasteiger partial charge in [0.15, 0.2) is 0 Å². The van der Waals surface area contributed by atoms with Crippen LogP contribution in [0.3, 0.4) is 0 Å². The first kappa shape index (κ1) is 10.5. The van der Waals surface area contributed by atoms with E-state index in [-0.39, 0.29) is 5.54 Å². The lowest BCUT2D eigenvalue weighted by Gasteiger charge is -2.44. The second kappa shape index (κ2) is 4.08. The SMILES string of the molecule is CC(C)(C)N1CCNCC1CC#N. The van der Waals surface area contributed by atoms with Crippen molar-refractivity contribution in [1.82, 2.24) is 10.2 Å². The maximum absolute atomic E-state index is 8.70. The van der Waals surface area contributed by atoms with E-state index in [1.165, 1.54) is 0 Å². The molecule has 0 spiro atoms. The zero-order valence-corrected chi connectivity index (χ0v) is 8.80. The lowest BCUT2D eigenvalue weighted by atomic mass is 9.99. The van der Waals surface area contributed by atoms with Crippen LogP contribution in [0.2, 0.25) is 0 Å². The molecule has 3 heteroatoms. The van der Waals surface area contributed by atoms with Crippen LogP contribution in [0.5, 0.6) is 0 Å². The highest BCUT2D eigenvalue weighted by molar-refractivity contribution is 4.92. The second-order valence-corrected chi connectivity index (χ2v) is 4.58. The summed E-state index contributed by atoms with van der Waals surface area (Å²) < 4.78 is 0. The molecular formula is C10H19N3. The van der Waals surface area contributed by atoms with Crippen LogP contribution in [0.1, 0.15) is 27.2 Å². The molecule has 0 aromatic heterocycles. The summed E-state index contributed by atoms with van der Waals surface area (Å²) in [6.45, 7) is 9.67. The molecule has 3 nitrogen and oxygen atoms in total. The zero-order chi connectivity index (χ0) is 9.90. The van der Waals surface area contributed by atoms with E-state index in [1.54, 1.807) is 0 Å². The van der Waals surface area contributed by atoms with Gasteiger partial charge in [0.25, 0.3) is 0 Å². The van der Waals surface area contributed by atoms with Crippen molar-refractivity contribution in [3.8, 4) is 6.07 Å². The minimum Gasteiger partial charge on any atom is -0.314 e.